The van der Waals surface area contributed by atoms with Gasteiger partial charge in [-0.1, -0.05) is 0 Å². The summed E-state index contributed by atoms with van der Waals surface area (Å²) >= 11 is 0. The highest BCUT2D eigenvalue weighted by Crippen LogP contribution is 2.33. The van der Waals surface area contributed by atoms with Crippen LogP contribution >= 0.6 is 0 Å². The minimum absolute atomic E-state index is 0.00809. The third-order valence-electron chi connectivity index (χ3n) is 4.10. The third kappa shape index (κ3) is 2.73. The Hall–Kier alpha value is -2.24. The van der Waals surface area contributed by atoms with Crippen LogP contribution in [0, 0.1) is 0 Å². The van der Waals surface area contributed by atoms with Crippen LogP contribution in [0.1, 0.15) is 29.6 Å². The summed E-state index contributed by atoms with van der Waals surface area (Å²) < 4.78 is 10.3. The lowest BCUT2D eigenvalue weighted by atomic mass is 10.1. The number of nitrogens with zero attached hydrogens (tertiary/aromatic N) is 2. The van der Waals surface area contributed by atoms with E-state index >= 15 is 0 Å². The largest absolute Gasteiger partial charge is 0.490 e. The summed E-state index contributed by atoms with van der Waals surface area (Å²) in [5, 5.41) is 0. The van der Waals surface area contributed by atoms with Gasteiger partial charge >= 0.3 is 12.0 Å². The lowest BCUT2D eigenvalue weighted by Crippen LogP contribution is -2.48. The van der Waals surface area contributed by atoms with E-state index in [2.05, 4.69) is 0 Å². The number of likely N-dealkylation sites (tertiary alicyclic amines) is 1. The average molecular weight is 304 g/mol. The number of carbonyl (C=O) groups excluding carboxylic acids is 2. The van der Waals surface area contributed by atoms with Crippen LogP contribution in [0.2, 0.25) is 0 Å². The Labute approximate surface area is 129 Å². The Kier molecular flexibility index (Phi) is 4.18. The van der Waals surface area contributed by atoms with Gasteiger partial charge in [0.25, 0.3) is 0 Å². The fraction of sp³-hybridized carbons (Fsp3) is 0.500. The van der Waals surface area contributed by atoms with Crippen molar-refractivity contribution in [2.75, 3.05) is 38.3 Å². The molecule has 22 heavy (non-hydrogen) atoms. The van der Waals surface area contributed by atoms with Crippen LogP contribution in [0.5, 0.6) is 5.75 Å². The van der Waals surface area contributed by atoms with Gasteiger partial charge < -0.3 is 14.4 Å². The summed E-state index contributed by atoms with van der Waals surface area (Å²) in [5.74, 6) is 0.211. The topological polar surface area (TPSA) is 59.1 Å². The summed E-state index contributed by atoms with van der Waals surface area (Å²) in [6.45, 7) is 2.54. The summed E-state index contributed by atoms with van der Waals surface area (Å²) in [5.41, 5.74) is 1.06. The molecular formula is C16H20N2O4. The first-order valence-corrected chi connectivity index (χ1v) is 7.62. The summed E-state index contributed by atoms with van der Waals surface area (Å²) in [4.78, 5) is 28.0. The highest BCUT2D eigenvalue weighted by Gasteiger charge is 2.29. The van der Waals surface area contributed by atoms with Gasteiger partial charge in [0.05, 0.1) is 24.9 Å². The van der Waals surface area contributed by atoms with Gasteiger partial charge in [-0.25, -0.2) is 9.59 Å². The normalized spacial score (nSPS) is 17.5. The molecule has 6 heteroatoms. The molecule has 2 aliphatic rings. The molecule has 2 heterocycles. The number of benzene rings is 1. The van der Waals surface area contributed by atoms with E-state index in [1.807, 2.05) is 4.90 Å². The first-order chi connectivity index (χ1) is 10.7. The number of ether oxygens (including phenoxy) is 2. The van der Waals surface area contributed by atoms with Crippen LogP contribution in [0.25, 0.3) is 0 Å². The Bertz CT molecular complexity index is 582. The van der Waals surface area contributed by atoms with Crippen molar-refractivity contribution in [3.05, 3.63) is 23.8 Å². The molecule has 1 aromatic rings. The van der Waals surface area contributed by atoms with Crippen molar-refractivity contribution >= 4 is 17.7 Å². The SMILES string of the molecule is COC(=O)c1ccc2c(c1)N(C(=O)N1CCCCC1)CCO2. The number of carbonyl (C=O) groups is 2. The molecule has 0 spiro atoms. The number of urea groups is 1. The second kappa shape index (κ2) is 6.25. The third-order valence-corrected chi connectivity index (χ3v) is 4.10. The van der Waals surface area contributed by atoms with E-state index in [1.54, 1.807) is 23.1 Å². The number of esters is 1. The quantitative estimate of drug-likeness (QED) is 0.747. The van der Waals surface area contributed by atoms with E-state index in [0.717, 1.165) is 25.9 Å². The molecule has 0 N–H and O–H groups in total. The lowest BCUT2D eigenvalue weighted by Gasteiger charge is -2.35. The van der Waals surface area contributed by atoms with Crippen LogP contribution in [-0.4, -0.2) is 50.3 Å². The lowest BCUT2D eigenvalue weighted by molar-refractivity contribution is 0.0600. The number of rotatable bonds is 1. The van der Waals surface area contributed by atoms with Crippen LogP contribution in [0.3, 0.4) is 0 Å². The highest BCUT2D eigenvalue weighted by atomic mass is 16.5. The Balaban J connectivity index is 1.88. The summed E-state index contributed by atoms with van der Waals surface area (Å²) in [7, 11) is 1.34. The van der Waals surface area contributed by atoms with Crippen molar-refractivity contribution in [1.29, 1.82) is 0 Å². The molecule has 3 rings (SSSR count). The molecule has 0 saturated carbocycles. The first-order valence-electron chi connectivity index (χ1n) is 7.62. The van der Waals surface area contributed by atoms with Crippen LogP contribution < -0.4 is 9.64 Å². The fourth-order valence-electron chi connectivity index (χ4n) is 2.92. The van der Waals surface area contributed by atoms with E-state index in [4.69, 9.17) is 9.47 Å². The molecule has 6 nitrogen and oxygen atoms in total. The zero-order valence-corrected chi connectivity index (χ0v) is 12.7. The molecule has 1 fully saturated rings. The predicted octanol–water partition coefficient (Wildman–Crippen LogP) is 2.28. The second-order valence-electron chi connectivity index (χ2n) is 5.50. The number of piperidine rings is 1. The van der Waals surface area contributed by atoms with Crippen LogP contribution in [-0.2, 0) is 4.74 Å². The predicted molar refractivity (Wildman–Crippen MR) is 81.4 cm³/mol. The van der Waals surface area contributed by atoms with Gasteiger partial charge in [-0.2, -0.15) is 0 Å². The Morgan fingerprint density at radius 2 is 1.91 bits per heavy atom. The van der Waals surface area contributed by atoms with Crippen molar-refractivity contribution in [3.63, 3.8) is 0 Å². The molecular weight excluding hydrogens is 284 g/mol. The van der Waals surface area contributed by atoms with E-state index in [-0.39, 0.29) is 6.03 Å². The molecule has 1 aromatic carbocycles. The minimum atomic E-state index is -0.418. The molecule has 0 aliphatic carbocycles. The number of hydrogen-bond acceptors (Lipinski definition) is 4. The maximum atomic E-state index is 12.7. The van der Waals surface area contributed by atoms with Crippen LogP contribution in [0.15, 0.2) is 18.2 Å². The Morgan fingerprint density at radius 3 is 2.64 bits per heavy atom. The molecule has 1 saturated heterocycles. The van der Waals surface area contributed by atoms with Crippen molar-refractivity contribution in [3.8, 4) is 5.75 Å². The van der Waals surface area contributed by atoms with Crippen molar-refractivity contribution in [2.45, 2.75) is 19.3 Å². The van der Waals surface area contributed by atoms with Gasteiger partial charge in [0, 0.05) is 13.1 Å². The number of anilines is 1. The molecule has 0 atom stereocenters. The number of amides is 2. The monoisotopic (exact) mass is 304 g/mol. The van der Waals surface area contributed by atoms with Gasteiger partial charge in [-0.3, -0.25) is 4.90 Å². The average Bonchev–Trinajstić information content (AvgIpc) is 2.60. The zero-order valence-electron chi connectivity index (χ0n) is 12.7. The molecule has 0 radical (unpaired) electrons. The molecule has 0 aromatic heterocycles. The van der Waals surface area contributed by atoms with Gasteiger partial charge in [0.2, 0.25) is 0 Å². The summed E-state index contributed by atoms with van der Waals surface area (Å²) in [6.07, 6.45) is 3.27. The number of fused-ring (bicyclic) bond motifs is 1. The van der Waals surface area contributed by atoms with E-state index in [1.165, 1.54) is 13.5 Å². The molecule has 0 bridgehead atoms. The zero-order chi connectivity index (χ0) is 15.5. The van der Waals surface area contributed by atoms with Gasteiger partial charge in [0.15, 0.2) is 0 Å². The maximum absolute atomic E-state index is 12.7. The Morgan fingerprint density at radius 1 is 1.14 bits per heavy atom. The number of methoxy groups -OCH3 is 1. The van der Waals surface area contributed by atoms with E-state index in [9.17, 15) is 9.59 Å². The van der Waals surface area contributed by atoms with E-state index in [0.29, 0.717) is 30.2 Å². The second-order valence-corrected chi connectivity index (χ2v) is 5.50. The van der Waals surface area contributed by atoms with E-state index < -0.39 is 5.97 Å². The molecule has 2 aliphatic heterocycles. The minimum Gasteiger partial charge on any atom is -0.490 e. The van der Waals surface area contributed by atoms with Crippen molar-refractivity contribution < 1.29 is 19.1 Å². The van der Waals surface area contributed by atoms with Gasteiger partial charge in [-0.05, 0) is 37.5 Å². The van der Waals surface area contributed by atoms with Gasteiger partial charge in [-0.15, -0.1) is 0 Å². The smallest absolute Gasteiger partial charge is 0.337 e. The standard InChI is InChI=1S/C16H20N2O4/c1-21-15(19)12-5-6-14-13(11-12)18(9-10-22-14)16(20)17-7-3-2-4-8-17/h5-6,11H,2-4,7-10H2,1H3. The van der Waals surface area contributed by atoms with Crippen LogP contribution in [0.4, 0.5) is 10.5 Å². The summed E-state index contributed by atoms with van der Waals surface area (Å²) in [6, 6.07) is 5.03. The van der Waals surface area contributed by atoms with Crippen molar-refractivity contribution in [1.82, 2.24) is 4.90 Å². The fourth-order valence-corrected chi connectivity index (χ4v) is 2.92. The van der Waals surface area contributed by atoms with Crippen molar-refractivity contribution in [2.24, 2.45) is 0 Å². The van der Waals surface area contributed by atoms with Gasteiger partial charge in [0.1, 0.15) is 12.4 Å². The maximum Gasteiger partial charge on any atom is 0.337 e. The molecule has 2 amide bonds. The first kappa shape index (κ1) is 14.7. The highest BCUT2D eigenvalue weighted by molar-refractivity contribution is 5.97. The molecule has 118 valence electrons. The molecule has 0 unspecified atom stereocenters. The number of hydrogen-bond donors (Lipinski definition) is 0.